The maximum atomic E-state index is 12.3. The quantitative estimate of drug-likeness (QED) is 0.934. The van der Waals surface area contributed by atoms with Gasteiger partial charge in [-0.1, -0.05) is 31.0 Å². The van der Waals surface area contributed by atoms with E-state index in [-0.39, 0.29) is 11.1 Å². The molecule has 0 saturated heterocycles. The molecule has 19 heavy (non-hydrogen) atoms. The van der Waals surface area contributed by atoms with Gasteiger partial charge in [0.1, 0.15) is 5.56 Å². The van der Waals surface area contributed by atoms with Crippen molar-refractivity contribution in [2.75, 3.05) is 0 Å². The number of rotatable bonds is 4. The number of aryl methyl sites for hydroxylation is 1. The number of carbonyl (C=O) groups is 1. The van der Waals surface area contributed by atoms with Gasteiger partial charge in [0.2, 0.25) is 0 Å². The maximum Gasteiger partial charge on any atom is 0.263 e. The highest BCUT2D eigenvalue weighted by Crippen LogP contribution is 2.19. The number of nitrogens with two attached hydrogens (primary N) is 1. The molecule has 2 aromatic rings. The molecule has 0 atom stereocenters. The number of nitrogens with zero attached hydrogens (tertiary/aromatic N) is 1. The highest BCUT2D eigenvalue weighted by atomic mass is 35.5. The van der Waals surface area contributed by atoms with Gasteiger partial charge in [-0.25, -0.2) is 0 Å². The molecule has 0 unspecified atom stereocenters. The van der Waals surface area contributed by atoms with Gasteiger partial charge in [0, 0.05) is 11.6 Å². The van der Waals surface area contributed by atoms with Crippen molar-refractivity contribution in [3.05, 3.63) is 45.2 Å². The molecular weight excluding hydrogens is 264 g/mol. The van der Waals surface area contributed by atoms with Crippen LogP contribution in [0.5, 0.6) is 0 Å². The van der Waals surface area contributed by atoms with Crippen LogP contribution in [0, 0.1) is 0 Å². The van der Waals surface area contributed by atoms with Crippen molar-refractivity contribution in [1.82, 2.24) is 4.57 Å². The monoisotopic (exact) mass is 278 g/mol. The largest absolute Gasteiger partial charge is 0.365 e. The Bertz CT molecular complexity index is 692. The normalized spacial score (nSPS) is 10.8. The number of halogens is 1. The third kappa shape index (κ3) is 2.63. The number of unbranched alkanes of at least 4 members (excludes halogenated alkanes) is 1. The summed E-state index contributed by atoms with van der Waals surface area (Å²) in [6, 6.07) is 6.77. The Morgan fingerprint density at radius 1 is 1.37 bits per heavy atom. The van der Waals surface area contributed by atoms with E-state index >= 15 is 0 Å². The molecule has 5 heteroatoms. The summed E-state index contributed by atoms with van der Waals surface area (Å²) in [5, 5.41) is 1.35. The summed E-state index contributed by atoms with van der Waals surface area (Å²) in [5.41, 5.74) is 5.66. The zero-order valence-electron chi connectivity index (χ0n) is 10.6. The van der Waals surface area contributed by atoms with E-state index in [0.717, 1.165) is 23.7 Å². The van der Waals surface area contributed by atoms with Crippen LogP contribution in [0.3, 0.4) is 0 Å². The van der Waals surface area contributed by atoms with E-state index in [9.17, 15) is 9.59 Å². The Morgan fingerprint density at radius 2 is 2.11 bits per heavy atom. The molecule has 1 aromatic heterocycles. The Morgan fingerprint density at radius 3 is 2.74 bits per heavy atom. The van der Waals surface area contributed by atoms with Gasteiger partial charge in [-0.3, -0.25) is 9.59 Å². The summed E-state index contributed by atoms with van der Waals surface area (Å²) < 4.78 is 1.57. The molecular formula is C14H15ClN2O2. The lowest BCUT2D eigenvalue weighted by atomic mass is 10.1. The van der Waals surface area contributed by atoms with Crippen molar-refractivity contribution >= 4 is 28.4 Å². The van der Waals surface area contributed by atoms with Crippen LogP contribution in [0.25, 0.3) is 10.9 Å². The molecule has 0 aliphatic rings. The first-order valence-electron chi connectivity index (χ1n) is 6.17. The second-order valence-corrected chi connectivity index (χ2v) is 4.87. The highest BCUT2D eigenvalue weighted by molar-refractivity contribution is 6.31. The predicted molar refractivity (Wildman–Crippen MR) is 76.6 cm³/mol. The number of fused-ring (bicyclic) bond motifs is 1. The fraction of sp³-hybridized carbons (Fsp3) is 0.286. The van der Waals surface area contributed by atoms with Gasteiger partial charge >= 0.3 is 0 Å². The number of carbonyl (C=O) groups excluding carboxylic acids is 1. The number of hydrogen-bond acceptors (Lipinski definition) is 2. The second kappa shape index (κ2) is 5.45. The van der Waals surface area contributed by atoms with Crippen LogP contribution in [-0.2, 0) is 6.54 Å². The summed E-state index contributed by atoms with van der Waals surface area (Å²) in [4.78, 5) is 23.6. The summed E-state index contributed by atoms with van der Waals surface area (Å²) in [7, 11) is 0. The third-order valence-electron chi connectivity index (χ3n) is 3.06. The molecule has 0 spiro atoms. The van der Waals surface area contributed by atoms with E-state index in [4.69, 9.17) is 17.3 Å². The van der Waals surface area contributed by atoms with Crippen molar-refractivity contribution in [3.63, 3.8) is 0 Å². The van der Waals surface area contributed by atoms with E-state index in [1.165, 1.54) is 6.07 Å². The minimum Gasteiger partial charge on any atom is -0.365 e. The number of aromatic nitrogens is 1. The number of benzene rings is 1. The van der Waals surface area contributed by atoms with E-state index in [0.29, 0.717) is 11.6 Å². The van der Waals surface area contributed by atoms with E-state index in [1.807, 2.05) is 6.92 Å². The number of amides is 1. The van der Waals surface area contributed by atoms with Crippen molar-refractivity contribution in [2.45, 2.75) is 26.3 Å². The van der Waals surface area contributed by atoms with Crippen LogP contribution in [0.1, 0.15) is 30.1 Å². The first kappa shape index (κ1) is 13.6. The molecule has 1 amide bonds. The number of primary amides is 1. The van der Waals surface area contributed by atoms with Crippen LogP contribution in [0.15, 0.2) is 29.1 Å². The van der Waals surface area contributed by atoms with Gasteiger partial charge in [0.05, 0.1) is 5.52 Å². The Labute approximate surface area is 115 Å². The Hall–Kier alpha value is -1.81. The molecule has 2 rings (SSSR count). The standard InChI is InChI=1S/C14H15ClN2O2/c1-2-3-6-17-12-8-10(15)5-4-9(12)7-11(13(16)18)14(17)19/h4-5,7-8H,2-3,6H2,1H3,(H2,16,18). The smallest absolute Gasteiger partial charge is 0.263 e. The minimum atomic E-state index is -0.702. The van der Waals surface area contributed by atoms with E-state index in [2.05, 4.69) is 0 Å². The average Bonchev–Trinajstić information content (AvgIpc) is 2.37. The van der Waals surface area contributed by atoms with Crippen LogP contribution < -0.4 is 11.3 Å². The molecule has 0 radical (unpaired) electrons. The van der Waals surface area contributed by atoms with Gasteiger partial charge in [-0.2, -0.15) is 0 Å². The third-order valence-corrected chi connectivity index (χ3v) is 3.29. The van der Waals surface area contributed by atoms with Gasteiger partial charge in [0.25, 0.3) is 11.5 Å². The summed E-state index contributed by atoms with van der Waals surface area (Å²) in [6.07, 6.45) is 1.80. The fourth-order valence-corrected chi connectivity index (χ4v) is 2.23. The number of hydrogen-bond donors (Lipinski definition) is 1. The SMILES string of the molecule is CCCCn1c(=O)c(C(N)=O)cc2ccc(Cl)cc21. The van der Waals surface area contributed by atoms with E-state index in [1.54, 1.807) is 22.8 Å². The molecule has 0 saturated carbocycles. The maximum absolute atomic E-state index is 12.3. The highest BCUT2D eigenvalue weighted by Gasteiger charge is 2.13. The lowest BCUT2D eigenvalue weighted by molar-refractivity contribution is 0.0998. The molecule has 2 N–H and O–H groups in total. The summed E-state index contributed by atoms with van der Waals surface area (Å²) in [6.45, 7) is 2.59. The first-order valence-corrected chi connectivity index (χ1v) is 6.55. The number of pyridine rings is 1. The van der Waals surface area contributed by atoms with Crippen LogP contribution in [-0.4, -0.2) is 10.5 Å². The molecule has 1 aromatic carbocycles. The van der Waals surface area contributed by atoms with Crippen LogP contribution >= 0.6 is 11.6 Å². The van der Waals surface area contributed by atoms with Gasteiger partial charge in [-0.05, 0) is 30.0 Å². The molecule has 1 heterocycles. The minimum absolute atomic E-state index is 0.0194. The molecule has 100 valence electrons. The van der Waals surface area contributed by atoms with Crippen molar-refractivity contribution in [1.29, 1.82) is 0 Å². The average molecular weight is 279 g/mol. The molecule has 0 fully saturated rings. The molecule has 0 bridgehead atoms. The van der Waals surface area contributed by atoms with Gasteiger partial charge in [-0.15, -0.1) is 0 Å². The zero-order valence-corrected chi connectivity index (χ0v) is 11.4. The predicted octanol–water partition coefficient (Wildman–Crippen LogP) is 2.55. The van der Waals surface area contributed by atoms with Crippen molar-refractivity contribution in [3.8, 4) is 0 Å². The van der Waals surface area contributed by atoms with Crippen LogP contribution in [0.4, 0.5) is 0 Å². The molecule has 0 aliphatic carbocycles. The Kier molecular flexibility index (Phi) is 3.90. The Balaban J connectivity index is 2.77. The van der Waals surface area contributed by atoms with Crippen molar-refractivity contribution < 1.29 is 4.79 Å². The van der Waals surface area contributed by atoms with Crippen LogP contribution in [0.2, 0.25) is 5.02 Å². The molecule has 0 aliphatic heterocycles. The topological polar surface area (TPSA) is 65.1 Å². The summed E-state index contributed by atoms with van der Waals surface area (Å²) >= 11 is 5.97. The fourth-order valence-electron chi connectivity index (χ4n) is 2.06. The second-order valence-electron chi connectivity index (χ2n) is 4.44. The molecule has 4 nitrogen and oxygen atoms in total. The summed E-state index contributed by atoms with van der Waals surface area (Å²) in [5.74, 6) is -0.702. The zero-order chi connectivity index (χ0) is 14.0. The lowest BCUT2D eigenvalue weighted by Crippen LogP contribution is -2.29. The van der Waals surface area contributed by atoms with Gasteiger partial charge in [0.15, 0.2) is 0 Å². The van der Waals surface area contributed by atoms with E-state index < -0.39 is 5.91 Å². The lowest BCUT2D eigenvalue weighted by Gasteiger charge is -2.11. The first-order chi connectivity index (χ1) is 9.04. The van der Waals surface area contributed by atoms with Crippen molar-refractivity contribution in [2.24, 2.45) is 5.73 Å². The van der Waals surface area contributed by atoms with Gasteiger partial charge < -0.3 is 10.3 Å².